The van der Waals surface area contributed by atoms with Gasteiger partial charge in [-0.15, -0.1) is 13.2 Å². The van der Waals surface area contributed by atoms with Gasteiger partial charge in [-0.05, 0) is 31.3 Å². The van der Waals surface area contributed by atoms with E-state index in [0.717, 1.165) is 12.1 Å². The number of alkyl halides is 3. The number of nitrogens with zero attached hydrogens (tertiary/aromatic N) is 2. The first-order valence-electron chi connectivity index (χ1n) is 8.57. The summed E-state index contributed by atoms with van der Waals surface area (Å²) in [5.41, 5.74) is 0.385. The van der Waals surface area contributed by atoms with E-state index in [1.54, 1.807) is 11.9 Å². The average molecular weight is 388 g/mol. The summed E-state index contributed by atoms with van der Waals surface area (Å²) in [6, 6.07) is 4.96. The number of carbonyl (C=O) groups excluding carboxylic acids is 2. The Kier molecular flexibility index (Phi) is 7.43. The van der Waals surface area contributed by atoms with E-state index >= 15 is 0 Å². The Labute approximate surface area is 155 Å². The summed E-state index contributed by atoms with van der Waals surface area (Å²) in [4.78, 5) is 27.8. The summed E-state index contributed by atoms with van der Waals surface area (Å²) in [6.07, 6.45) is -4.30. The lowest BCUT2D eigenvalue weighted by Crippen LogP contribution is -2.50. The largest absolute Gasteiger partial charge is 0.573 e. The maximum absolute atomic E-state index is 12.1. The van der Waals surface area contributed by atoms with Crippen LogP contribution in [0.15, 0.2) is 24.3 Å². The van der Waals surface area contributed by atoms with Crippen LogP contribution < -0.4 is 15.4 Å². The second-order valence-corrected chi connectivity index (χ2v) is 6.13. The number of hydrogen-bond acceptors (Lipinski definition) is 5. The van der Waals surface area contributed by atoms with Gasteiger partial charge in [-0.3, -0.25) is 14.5 Å². The van der Waals surface area contributed by atoms with Gasteiger partial charge in [0.25, 0.3) is 0 Å². The van der Waals surface area contributed by atoms with Gasteiger partial charge in [0, 0.05) is 44.8 Å². The molecule has 0 spiro atoms. The lowest BCUT2D eigenvalue weighted by molar-refractivity contribution is -0.274. The molecular weight excluding hydrogens is 365 g/mol. The second-order valence-electron chi connectivity index (χ2n) is 6.13. The number of amides is 2. The number of halogens is 3. The van der Waals surface area contributed by atoms with Crippen LogP contribution in [0.3, 0.4) is 0 Å². The minimum atomic E-state index is -4.75. The molecule has 10 heteroatoms. The molecule has 2 amide bonds. The van der Waals surface area contributed by atoms with Gasteiger partial charge >= 0.3 is 6.36 Å². The molecule has 7 nitrogen and oxygen atoms in total. The summed E-state index contributed by atoms with van der Waals surface area (Å²) < 4.78 is 40.2. The van der Waals surface area contributed by atoms with Crippen LogP contribution in [-0.2, 0) is 9.59 Å². The first kappa shape index (κ1) is 21.0. The summed E-state index contributed by atoms with van der Waals surface area (Å²) in [5, 5.41) is 5.57. The molecule has 0 radical (unpaired) electrons. The highest BCUT2D eigenvalue weighted by atomic mass is 19.4. The van der Waals surface area contributed by atoms with E-state index in [1.165, 1.54) is 12.1 Å². The SMILES string of the molecule is CNCCC(=O)N1CCN(CC(=O)Nc2ccc(OC(F)(F)F)cc2)CC1. The molecule has 1 aromatic carbocycles. The number of piperazine rings is 1. The molecule has 1 fully saturated rings. The molecule has 2 rings (SSSR count). The highest BCUT2D eigenvalue weighted by molar-refractivity contribution is 5.92. The van der Waals surface area contributed by atoms with Crippen LogP contribution in [-0.4, -0.2) is 74.3 Å². The van der Waals surface area contributed by atoms with Crippen molar-refractivity contribution in [2.75, 3.05) is 51.6 Å². The molecule has 0 aliphatic carbocycles. The van der Waals surface area contributed by atoms with Gasteiger partial charge in [0.1, 0.15) is 5.75 Å². The maximum Gasteiger partial charge on any atom is 0.573 e. The number of carbonyl (C=O) groups is 2. The van der Waals surface area contributed by atoms with Gasteiger partial charge in [0.15, 0.2) is 0 Å². The van der Waals surface area contributed by atoms with Crippen molar-refractivity contribution in [1.29, 1.82) is 0 Å². The number of hydrogen-bond donors (Lipinski definition) is 2. The third kappa shape index (κ3) is 7.43. The number of benzene rings is 1. The average Bonchev–Trinajstić information content (AvgIpc) is 2.60. The van der Waals surface area contributed by atoms with E-state index in [9.17, 15) is 22.8 Å². The van der Waals surface area contributed by atoms with Crippen LogP contribution in [0.25, 0.3) is 0 Å². The molecule has 1 aliphatic heterocycles. The van der Waals surface area contributed by atoms with Crippen LogP contribution in [0.2, 0.25) is 0 Å². The minimum absolute atomic E-state index is 0.0922. The summed E-state index contributed by atoms with van der Waals surface area (Å²) in [5.74, 6) is -0.524. The van der Waals surface area contributed by atoms with Gasteiger partial charge in [0.2, 0.25) is 11.8 Å². The predicted octanol–water partition coefficient (Wildman–Crippen LogP) is 1.28. The van der Waals surface area contributed by atoms with Crippen molar-refractivity contribution in [2.45, 2.75) is 12.8 Å². The predicted molar refractivity (Wildman–Crippen MR) is 93.3 cm³/mol. The maximum atomic E-state index is 12.1. The Morgan fingerprint density at radius 2 is 1.74 bits per heavy atom. The zero-order valence-corrected chi connectivity index (χ0v) is 15.0. The Hall–Kier alpha value is -2.33. The first-order chi connectivity index (χ1) is 12.8. The van der Waals surface area contributed by atoms with Crippen molar-refractivity contribution < 1.29 is 27.5 Å². The fourth-order valence-electron chi connectivity index (χ4n) is 2.69. The van der Waals surface area contributed by atoms with Crippen LogP contribution in [0.1, 0.15) is 6.42 Å². The van der Waals surface area contributed by atoms with E-state index < -0.39 is 6.36 Å². The lowest BCUT2D eigenvalue weighted by Gasteiger charge is -2.34. The van der Waals surface area contributed by atoms with Gasteiger partial charge in [-0.1, -0.05) is 0 Å². The van der Waals surface area contributed by atoms with Crippen molar-refractivity contribution >= 4 is 17.5 Å². The van der Waals surface area contributed by atoms with E-state index in [2.05, 4.69) is 15.4 Å². The van der Waals surface area contributed by atoms with Crippen LogP contribution in [0, 0.1) is 0 Å². The molecule has 0 unspecified atom stereocenters. The fourth-order valence-corrected chi connectivity index (χ4v) is 2.69. The summed E-state index contributed by atoms with van der Waals surface area (Å²) in [6.45, 7) is 3.11. The Morgan fingerprint density at radius 1 is 1.11 bits per heavy atom. The molecule has 0 bridgehead atoms. The molecule has 0 aromatic heterocycles. The van der Waals surface area contributed by atoms with E-state index in [-0.39, 0.29) is 24.1 Å². The molecule has 0 atom stereocenters. The van der Waals surface area contributed by atoms with Gasteiger partial charge < -0.3 is 20.3 Å². The van der Waals surface area contributed by atoms with Gasteiger partial charge in [0.05, 0.1) is 6.54 Å². The number of anilines is 1. The van der Waals surface area contributed by atoms with Crippen molar-refractivity contribution in [1.82, 2.24) is 15.1 Å². The molecule has 27 heavy (non-hydrogen) atoms. The van der Waals surface area contributed by atoms with E-state index in [0.29, 0.717) is 44.8 Å². The zero-order chi connectivity index (χ0) is 19.9. The molecule has 0 saturated carbocycles. The van der Waals surface area contributed by atoms with Crippen molar-refractivity contribution in [3.8, 4) is 5.75 Å². The minimum Gasteiger partial charge on any atom is -0.406 e. The van der Waals surface area contributed by atoms with E-state index in [1.807, 2.05) is 4.90 Å². The molecule has 150 valence electrons. The van der Waals surface area contributed by atoms with Crippen molar-refractivity contribution in [2.24, 2.45) is 0 Å². The highest BCUT2D eigenvalue weighted by Crippen LogP contribution is 2.23. The standard InChI is InChI=1S/C17H23F3N4O3/c1-21-7-6-16(26)24-10-8-23(9-11-24)12-15(25)22-13-2-4-14(5-3-13)27-17(18,19)20/h2-5,21H,6-12H2,1H3,(H,22,25). The normalized spacial score (nSPS) is 15.5. The van der Waals surface area contributed by atoms with E-state index in [4.69, 9.17) is 0 Å². The third-order valence-corrected chi connectivity index (χ3v) is 4.05. The second kappa shape index (κ2) is 9.56. The fraction of sp³-hybridized carbons (Fsp3) is 0.529. The Bertz CT molecular complexity index is 629. The quantitative estimate of drug-likeness (QED) is 0.736. The van der Waals surface area contributed by atoms with Crippen molar-refractivity contribution in [3.63, 3.8) is 0 Å². The lowest BCUT2D eigenvalue weighted by atomic mass is 10.2. The smallest absolute Gasteiger partial charge is 0.406 e. The van der Waals surface area contributed by atoms with Crippen LogP contribution in [0.5, 0.6) is 5.75 Å². The summed E-state index contributed by atoms with van der Waals surface area (Å²) >= 11 is 0. The molecule has 1 aromatic rings. The first-order valence-corrected chi connectivity index (χ1v) is 8.57. The number of rotatable bonds is 7. The molecule has 1 saturated heterocycles. The Morgan fingerprint density at radius 3 is 2.30 bits per heavy atom. The molecule has 2 N–H and O–H groups in total. The molecule has 1 aliphatic rings. The zero-order valence-electron chi connectivity index (χ0n) is 15.0. The third-order valence-electron chi connectivity index (χ3n) is 4.05. The van der Waals surface area contributed by atoms with Gasteiger partial charge in [-0.2, -0.15) is 0 Å². The Balaban J connectivity index is 1.74. The van der Waals surface area contributed by atoms with Crippen LogP contribution in [0.4, 0.5) is 18.9 Å². The van der Waals surface area contributed by atoms with Crippen LogP contribution >= 0.6 is 0 Å². The number of ether oxygens (including phenoxy) is 1. The topological polar surface area (TPSA) is 73.9 Å². The number of nitrogens with one attached hydrogen (secondary N) is 2. The molecule has 1 heterocycles. The van der Waals surface area contributed by atoms with Gasteiger partial charge in [-0.25, -0.2) is 0 Å². The summed E-state index contributed by atoms with van der Waals surface area (Å²) in [7, 11) is 1.79. The van der Waals surface area contributed by atoms with Crippen molar-refractivity contribution in [3.05, 3.63) is 24.3 Å². The molecular formula is C17H23F3N4O3. The monoisotopic (exact) mass is 388 g/mol. The highest BCUT2D eigenvalue weighted by Gasteiger charge is 2.31.